The lowest BCUT2D eigenvalue weighted by molar-refractivity contribution is 0.262. The molecule has 0 aliphatic carbocycles. The van der Waals surface area contributed by atoms with Crippen molar-refractivity contribution in [3.05, 3.63) is 66.7 Å². The van der Waals surface area contributed by atoms with Gasteiger partial charge in [0.05, 0.1) is 30.9 Å². The summed E-state index contributed by atoms with van der Waals surface area (Å²) in [4.78, 5) is 25.5. The molecule has 11 nitrogen and oxygen atoms in total. The van der Waals surface area contributed by atoms with E-state index in [1.807, 2.05) is 30.3 Å². The van der Waals surface area contributed by atoms with Crippen molar-refractivity contribution in [3.63, 3.8) is 0 Å². The van der Waals surface area contributed by atoms with E-state index in [-0.39, 0.29) is 6.03 Å². The van der Waals surface area contributed by atoms with Crippen molar-refractivity contribution in [3.8, 4) is 34.3 Å². The fraction of sp³-hybridized carbons (Fsp3) is 0.233. The van der Waals surface area contributed by atoms with Crippen LogP contribution in [0.2, 0.25) is 0 Å². The molecule has 5 aromatic rings. The molecule has 2 aromatic heterocycles. The number of hydrogen-bond acceptors (Lipinski definition) is 7. The van der Waals surface area contributed by atoms with E-state index in [9.17, 15) is 4.79 Å². The third-order valence-electron chi connectivity index (χ3n) is 7.25. The highest BCUT2D eigenvalue weighted by molar-refractivity contribution is 6.00. The van der Waals surface area contributed by atoms with Crippen LogP contribution in [0.4, 0.5) is 21.9 Å². The summed E-state index contributed by atoms with van der Waals surface area (Å²) in [6, 6.07) is 20.6. The first-order valence-corrected chi connectivity index (χ1v) is 13.4. The number of nitrogens with one attached hydrogen (secondary N) is 4. The van der Waals surface area contributed by atoms with Crippen LogP contribution in [0, 0.1) is 0 Å². The Bertz CT molecular complexity index is 1670. The Morgan fingerprint density at radius 3 is 2.34 bits per heavy atom. The molecule has 11 heteroatoms. The monoisotopic (exact) mass is 552 g/mol. The number of methoxy groups -OCH3 is 2. The first-order chi connectivity index (χ1) is 20.0. The minimum atomic E-state index is -0.368. The number of likely N-dealkylation sites (N-methyl/N-ethyl adjacent to an activating group) is 1. The molecule has 4 N–H and O–H groups in total. The number of aromatic nitrogens is 4. The summed E-state index contributed by atoms with van der Waals surface area (Å²) in [5, 5.41) is 13.2. The van der Waals surface area contributed by atoms with Gasteiger partial charge in [-0.05, 0) is 55.6 Å². The highest BCUT2D eigenvalue weighted by atomic mass is 16.5. The molecule has 6 rings (SSSR count). The van der Waals surface area contributed by atoms with Gasteiger partial charge in [-0.1, -0.05) is 12.1 Å². The van der Waals surface area contributed by atoms with E-state index in [1.54, 1.807) is 32.4 Å². The molecule has 3 aromatic carbocycles. The lowest BCUT2D eigenvalue weighted by Gasteiger charge is -2.34. The molecule has 0 saturated carbocycles. The molecule has 2 amide bonds. The van der Waals surface area contributed by atoms with Crippen LogP contribution in [0.1, 0.15) is 0 Å². The summed E-state index contributed by atoms with van der Waals surface area (Å²) in [5.41, 5.74) is 6.83. The summed E-state index contributed by atoms with van der Waals surface area (Å²) < 4.78 is 10.5. The number of H-pyrrole nitrogens is 2. The largest absolute Gasteiger partial charge is 0.493 e. The summed E-state index contributed by atoms with van der Waals surface area (Å²) in [5.74, 6) is 1.86. The second-order valence-corrected chi connectivity index (χ2v) is 9.97. The molecule has 210 valence electrons. The van der Waals surface area contributed by atoms with Gasteiger partial charge in [0.2, 0.25) is 0 Å². The minimum Gasteiger partial charge on any atom is -0.493 e. The van der Waals surface area contributed by atoms with Crippen LogP contribution in [-0.2, 0) is 0 Å². The Hall–Kier alpha value is -5.03. The summed E-state index contributed by atoms with van der Waals surface area (Å²) >= 11 is 0. The van der Waals surface area contributed by atoms with E-state index in [1.165, 1.54) is 5.69 Å². The molecule has 0 radical (unpaired) electrons. The lowest BCUT2D eigenvalue weighted by Crippen LogP contribution is -2.44. The standard InChI is InChI=1S/C30H32N8O3/c1-37-12-14-38(15-13-37)22-9-10-23-25(17-22)34-29(33-23)26-18-24(35-36-26)19-4-6-20(7-5-19)31-30(39)32-21-8-11-27(40-2)28(16-21)41-3/h4-11,16-18H,12-15H2,1-3H3,(H,33,34)(H,35,36)(H2,31,32,39). The molecule has 0 atom stereocenters. The molecule has 1 saturated heterocycles. The van der Waals surface area contributed by atoms with Gasteiger partial charge in [0, 0.05) is 54.9 Å². The number of amides is 2. The van der Waals surface area contributed by atoms with Gasteiger partial charge in [-0.3, -0.25) is 5.10 Å². The van der Waals surface area contributed by atoms with Crippen LogP contribution in [0.3, 0.4) is 0 Å². The second kappa shape index (κ2) is 11.2. The Balaban J connectivity index is 1.11. The quantitative estimate of drug-likeness (QED) is 0.223. The number of carbonyl (C=O) groups is 1. The fourth-order valence-corrected chi connectivity index (χ4v) is 4.91. The van der Waals surface area contributed by atoms with Crippen molar-refractivity contribution in [1.82, 2.24) is 25.1 Å². The Kier molecular flexibility index (Phi) is 7.17. The number of carbonyl (C=O) groups excluding carboxylic acids is 1. The summed E-state index contributed by atoms with van der Waals surface area (Å²) in [7, 11) is 5.27. The second-order valence-electron chi connectivity index (χ2n) is 9.97. The number of nitrogens with zero attached hydrogens (tertiary/aromatic N) is 4. The van der Waals surface area contributed by atoms with Gasteiger partial charge >= 0.3 is 6.03 Å². The Morgan fingerprint density at radius 2 is 1.59 bits per heavy atom. The fourth-order valence-electron chi connectivity index (χ4n) is 4.91. The van der Waals surface area contributed by atoms with Crippen molar-refractivity contribution in [2.75, 3.05) is 63.0 Å². The number of benzene rings is 3. The van der Waals surface area contributed by atoms with Gasteiger partial charge in [-0.25, -0.2) is 9.78 Å². The average molecular weight is 553 g/mol. The molecule has 0 bridgehead atoms. The van der Waals surface area contributed by atoms with Gasteiger partial charge in [0.15, 0.2) is 17.3 Å². The van der Waals surface area contributed by atoms with Crippen molar-refractivity contribution in [2.45, 2.75) is 0 Å². The third-order valence-corrected chi connectivity index (χ3v) is 7.25. The first-order valence-electron chi connectivity index (χ1n) is 13.4. The summed E-state index contributed by atoms with van der Waals surface area (Å²) in [6.07, 6.45) is 0. The Morgan fingerprint density at radius 1 is 0.854 bits per heavy atom. The zero-order valence-corrected chi connectivity index (χ0v) is 23.2. The molecule has 1 aliphatic rings. The number of aromatic amines is 2. The number of rotatable bonds is 7. The molecule has 1 fully saturated rings. The van der Waals surface area contributed by atoms with Crippen LogP contribution in [0.5, 0.6) is 11.5 Å². The predicted octanol–water partition coefficient (Wildman–Crippen LogP) is 5.03. The van der Waals surface area contributed by atoms with E-state index in [0.717, 1.165) is 60.0 Å². The SMILES string of the molecule is COc1ccc(NC(=O)Nc2ccc(-c3cc(-c4nc5ccc(N6CCN(C)CC6)cc5[nH]4)[nH]n3)cc2)cc1OC. The van der Waals surface area contributed by atoms with E-state index in [4.69, 9.17) is 14.5 Å². The van der Waals surface area contributed by atoms with E-state index in [0.29, 0.717) is 22.9 Å². The van der Waals surface area contributed by atoms with E-state index in [2.05, 4.69) is 60.9 Å². The topological polar surface area (TPSA) is 123 Å². The van der Waals surface area contributed by atoms with Gasteiger partial charge in [0.1, 0.15) is 5.69 Å². The third kappa shape index (κ3) is 5.66. The number of hydrogen-bond donors (Lipinski definition) is 4. The highest BCUT2D eigenvalue weighted by Gasteiger charge is 2.16. The number of urea groups is 1. The number of ether oxygens (including phenoxy) is 2. The van der Waals surface area contributed by atoms with Crippen LogP contribution in [0.15, 0.2) is 66.7 Å². The smallest absolute Gasteiger partial charge is 0.323 e. The van der Waals surface area contributed by atoms with Gasteiger partial charge in [0.25, 0.3) is 0 Å². The number of piperazine rings is 1. The highest BCUT2D eigenvalue weighted by Crippen LogP contribution is 2.30. The molecule has 0 unspecified atom stereocenters. The zero-order chi connectivity index (χ0) is 28.3. The Labute approximate surface area is 237 Å². The van der Waals surface area contributed by atoms with Gasteiger partial charge in [-0.2, -0.15) is 5.10 Å². The van der Waals surface area contributed by atoms with Gasteiger partial charge < -0.3 is 34.9 Å². The van der Waals surface area contributed by atoms with Crippen LogP contribution in [-0.4, -0.2) is 78.5 Å². The predicted molar refractivity (Wildman–Crippen MR) is 161 cm³/mol. The molecule has 3 heterocycles. The van der Waals surface area contributed by atoms with E-state index >= 15 is 0 Å². The number of imidazole rings is 1. The van der Waals surface area contributed by atoms with Crippen molar-refractivity contribution in [2.24, 2.45) is 0 Å². The summed E-state index contributed by atoms with van der Waals surface area (Å²) in [6.45, 7) is 4.16. The molecule has 1 aliphatic heterocycles. The maximum atomic E-state index is 12.5. The average Bonchev–Trinajstić information content (AvgIpc) is 3.65. The zero-order valence-electron chi connectivity index (χ0n) is 23.2. The lowest BCUT2D eigenvalue weighted by atomic mass is 10.1. The van der Waals surface area contributed by atoms with Crippen molar-refractivity contribution in [1.29, 1.82) is 0 Å². The maximum absolute atomic E-state index is 12.5. The molecule has 41 heavy (non-hydrogen) atoms. The van der Waals surface area contributed by atoms with E-state index < -0.39 is 0 Å². The maximum Gasteiger partial charge on any atom is 0.323 e. The first kappa shape index (κ1) is 26.2. The van der Waals surface area contributed by atoms with Crippen molar-refractivity contribution >= 4 is 34.1 Å². The van der Waals surface area contributed by atoms with Gasteiger partial charge in [-0.15, -0.1) is 0 Å². The molecular weight excluding hydrogens is 520 g/mol. The molecule has 0 spiro atoms. The van der Waals surface area contributed by atoms with Crippen LogP contribution >= 0.6 is 0 Å². The number of fused-ring (bicyclic) bond motifs is 1. The molecular formula is C30H32N8O3. The normalized spacial score (nSPS) is 13.8. The van der Waals surface area contributed by atoms with Crippen molar-refractivity contribution < 1.29 is 14.3 Å². The van der Waals surface area contributed by atoms with Crippen LogP contribution in [0.25, 0.3) is 33.8 Å². The minimum absolute atomic E-state index is 0.368. The number of anilines is 3. The van der Waals surface area contributed by atoms with Crippen LogP contribution < -0.4 is 25.0 Å².